The molecule has 12 heteroatoms. The van der Waals surface area contributed by atoms with Crippen LogP contribution < -0.4 is 14.8 Å². The molecule has 4 aromatic rings. The zero-order valence-corrected chi connectivity index (χ0v) is 20.9. The number of furan rings is 1. The Balaban J connectivity index is 1.48. The van der Waals surface area contributed by atoms with E-state index in [9.17, 15) is 25.0 Å². The molecule has 38 heavy (non-hydrogen) atoms. The first-order valence-electron chi connectivity index (χ1n) is 11.1. The van der Waals surface area contributed by atoms with Crippen LogP contribution in [-0.4, -0.2) is 15.8 Å². The standard InChI is InChI=1S/C26H20ClN3O8/c1-15-3-4-16(2)24(9-15)38-21-11-17(10-19(12-21)30(34)35)28-26(31)23-8-6-20(37-23)14-36-25-13-18(29(32)33)5-7-22(25)27/h3-13H,14H2,1-2H3,(H,28,31). The van der Waals surface area contributed by atoms with Gasteiger partial charge in [-0.15, -0.1) is 0 Å². The molecular weight excluding hydrogens is 518 g/mol. The maximum absolute atomic E-state index is 12.8. The molecule has 0 fully saturated rings. The molecule has 11 nitrogen and oxygen atoms in total. The van der Waals surface area contributed by atoms with E-state index in [0.29, 0.717) is 5.75 Å². The number of rotatable bonds is 9. The van der Waals surface area contributed by atoms with Crippen LogP contribution in [-0.2, 0) is 6.61 Å². The minimum absolute atomic E-state index is 0.0799. The second-order valence-corrected chi connectivity index (χ2v) is 8.63. The Hall–Kier alpha value is -4.90. The summed E-state index contributed by atoms with van der Waals surface area (Å²) in [6, 6.07) is 16.2. The number of benzene rings is 3. The number of nitrogens with one attached hydrogen (secondary N) is 1. The summed E-state index contributed by atoms with van der Waals surface area (Å²) in [5.74, 6) is 0.278. The number of carbonyl (C=O) groups excluding carboxylic acids is 1. The molecule has 0 aliphatic rings. The number of hydrogen-bond acceptors (Lipinski definition) is 8. The fourth-order valence-corrected chi connectivity index (χ4v) is 3.57. The minimum atomic E-state index is -0.664. The van der Waals surface area contributed by atoms with Crippen molar-refractivity contribution in [2.45, 2.75) is 20.5 Å². The molecule has 194 valence electrons. The number of anilines is 1. The number of nitro groups is 2. The Morgan fingerprint density at radius 1 is 0.921 bits per heavy atom. The monoisotopic (exact) mass is 537 g/mol. The van der Waals surface area contributed by atoms with Gasteiger partial charge in [-0.2, -0.15) is 0 Å². The van der Waals surface area contributed by atoms with Crippen LogP contribution in [0, 0.1) is 34.1 Å². The molecular formula is C26H20ClN3O8. The third-order valence-electron chi connectivity index (χ3n) is 5.31. The van der Waals surface area contributed by atoms with Crippen LogP contribution >= 0.6 is 11.6 Å². The van der Waals surface area contributed by atoms with Gasteiger partial charge < -0.3 is 19.2 Å². The van der Waals surface area contributed by atoms with Crippen LogP contribution in [0.2, 0.25) is 5.02 Å². The second kappa shape index (κ2) is 11.0. The summed E-state index contributed by atoms with van der Waals surface area (Å²) in [5, 5.41) is 25.2. The largest absolute Gasteiger partial charge is 0.484 e. The number of nitro benzene ring substituents is 2. The zero-order chi connectivity index (χ0) is 27.4. The maximum atomic E-state index is 12.8. The van der Waals surface area contributed by atoms with E-state index in [1.165, 1.54) is 48.5 Å². The number of hydrogen-bond donors (Lipinski definition) is 1. The van der Waals surface area contributed by atoms with Crippen molar-refractivity contribution in [1.29, 1.82) is 0 Å². The van der Waals surface area contributed by atoms with Crippen molar-refractivity contribution in [3.63, 3.8) is 0 Å². The number of ether oxygens (including phenoxy) is 2. The van der Waals surface area contributed by atoms with Gasteiger partial charge >= 0.3 is 0 Å². The normalized spacial score (nSPS) is 10.6. The van der Waals surface area contributed by atoms with Gasteiger partial charge in [0, 0.05) is 18.2 Å². The summed E-state index contributed by atoms with van der Waals surface area (Å²) in [6.45, 7) is 3.59. The average molecular weight is 538 g/mol. The molecule has 0 aliphatic heterocycles. The lowest BCUT2D eigenvalue weighted by Gasteiger charge is -2.11. The summed E-state index contributed by atoms with van der Waals surface area (Å²) in [6.07, 6.45) is 0. The van der Waals surface area contributed by atoms with Gasteiger partial charge in [0.25, 0.3) is 17.3 Å². The van der Waals surface area contributed by atoms with Gasteiger partial charge in [-0.25, -0.2) is 0 Å². The van der Waals surface area contributed by atoms with E-state index in [4.69, 9.17) is 25.5 Å². The first kappa shape index (κ1) is 26.2. The van der Waals surface area contributed by atoms with Crippen LogP contribution in [0.1, 0.15) is 27.4 Å². The highest BCUT2D eigenvalue weighted by molar-refractivity contribution is 6.32. The molecule has 1 heterocycles. The van der Waals surface area contributed by atoms with Crippen molar-refractivity contribution in [3.05, 3.63) is 115 Å². The highest BCUT2D eigenvalue weighted by Gasteiger charge is 2.17. The van der Waals surface area contributed by atoms with Crippen molar-refractivity contribution in [3.8, 4) is 17.2 Å². The molecule has 1 aromatic heterocycles. The van der Waals surface area contributed by atoms with Crippen molar-refractivity contribution >= 4 is 34.6 Å². The lowest BCUT2D eigenvalue weighted by Crippen LogP contribution is -2.11. The molecule has 0 bridgehead atoms. The number of nitrogens with zero attached hydrogens (tertiary/aromatic N) is 2. The third kappa shape index (κ3) is 6.26. The molecule has 0 radical (unpaired) electrons. The Labute approximate surface area is 220 Å². The maximum Gasteiger partial charge on any atom is 0.291 e. The highest BCUT2D eigenvalue weighted by atomic mass is 35.5. The molecule has 0 spiro atoms. The number of carbonyl (C=O) groups is 1. The van der Waals surface area contributed by atoms with Crippen LogP contribution in [0.3, 0.4) is 0 Å². The second-order valence-electron chi connectivity index (χ2n) is 8.22. The predicted molar refractivity (Wildman–Crippen MR) is 138 cm³/mol. The number of non-ortho nitro benzene ring substituents is 2. The summed E-state index contributed by atoms with van der Waals surface area (Å²) in [4.78, 5) is 34.0. The van der Waals surface area contributed by atoms with Crippen LogP contribution in [0.25, 0.3) is 0 Å². The van der Waals surface area contributed by atoms with Crippen LogP contribution in [0.5, 0.6) is 17.2 Å². The topological polar surface area (TPSA) is 147 Å². The van der Waals surface area contributed by atoms with Gasteiger partial charge in [-0.05, 0) is 49.2 Å². The average Bonchev–Trinajstić information content (AvgIpc) is 3.35. The van der Waals surface area contributed by atoms with Crippen molar-refractivity contribution in [2.75, 3.05) is 5.32 Å². The van der Waals surface area contributed by atoms with E-state index in [1.807, 2.05) is 26.0 Å². The van der Waals surface area contributed by atoms with E-state index in [-0.39, 0.29) is 51.7 Å². The number of halogens is 1. The molecule has 4 rings (SSSR count). The minimum Gasteiger partial charge on any atom is -0.484 e. The zero-order valence-electron chi connectivity index (χ0n) is 20.1. The highest BCUT2D eigenvalue weighted by Crippen LogP contribution is 2.32. The van der Waals surface area contributed by atoms with Gasteiger partial charge in [0.05, 0.1) is 32.7 Å². The Morgan fingerprint density at radius 3 is 2.42 bits per heavy atom. The van der Waals surface area contributed by atoms with E-state index >= 15 is 0 Å². The van der Waals surface area contributed by atoms with Gasteiger partial charge in [0.2, 0.25) is 0 Å². The summed E-state index contributed by atoms with van der Waals surface area (Å²) < 4.78 is 16.9. The molecule has 3 aromatic carbocycles. The quantitative estimate of drug-likeness (QED) is 0.177. The fraction of sp³-hybridized carbons (Fsp3) is 0.115. The van der Waals surface area contributed by atoms with E-state index in [1.54, 1.807) is 6.07 Å². The summed E-state index contributed by atoms with van der Waals surface area (Å²) in [5.41, 5.74) is 1.45. The Kier molecular flexibility index (Phi) is 7.58. The van der Waals surface area contributed by atoms with E-state index in [2.05, 4.69) is 5.32 Å². The molecule has 0 aliphatic carbocycles. The first-order chi connectivity index (χ1) is 18.1. The molecule has 0 unspecified atom stereocenters. The Morgan fingerprint density at radius 2 is 1.68 bits per heavy atom. The summed E-state index contributed by atoms with van der Waals surface area (Å²) >= 11 is 6.03. The van der Waals surface area contributed by atoms with Gasteiger partial charge in [-0.3, -0.25) is 25.0 Å². The molecule has 0 saturated heterocycles. The SMILES string of the molecule is Cc1ccc(C)c(Oc2cc(NC(=O)c3ccc(COc4cc([N+](=O)[O-])ccc4Cl)o3)cc([N+](=O)[O-])c2)c1. The van der Waals surface area contributed by atoms with Gasteiger partial charge in [0.1, 0.15) is 29.6 Å². The van der Waals surface area contributed by atoms with Crippen LogP contribution in [0.15, 0.2) is 71.1 Å². The number of amides is 1. The predicted octanol–water partition coefficient (Wildman–Crippen LogP) is 6.99. The molecule has 1 amide bonds. The van der Waals surface area contributed by atoms with Crippen molar-refractivity contribution in [1.82, 2.24) is 0 Å². The molecule has 0 atom stereocenters. The molecule has 1 N–H and O–H groups in total. The number of aryl methyl sites for hydroxylation is 2. The summed E-state index contributed by atoms with van der Waals surface area (Å²) in [7, 11) is 0. The van der Waals surface area contributed by atoms with Crippen molar-refractivity contribution in [2.24, 2.45) is 0 Å². The first-order valence-corrected chi connectivity index (χ1v) is 11.5. The lowest BCUT2D eigenvalue weighted by atomic mass is 10.1. The van der Waals surface area contributed by atoms with Crippen LogP contribution in [0.4, 0.5) is 17.1 Å². The van der Waals surface area contributed by atoms with Crippen molar-refractivity contribution < 1.29 is 28.5 Å². The molecule has 0 saturated carbocycles. The van der Waals surface area contributed by atoms with Gasteiger partial charge in [0.15, 0.2) is 5.76 Å². The van der Waals surface area contributed by atoms with E-state index in [0.717, 1.165) is 11.1 Å². The van der Waals surface area contributed by atoms with Gasteiger partial charge in [-0.1, -0.05) is 23.7 Å². The Bertz CT molecular complexity index is 1550. The van der Waals surface area contributed by atoms with E-state index < -0.39 is 15.8 Å². The smallest absolute Gasteiger partial charge is 0.291 e. The fourth-order valence-electron chi connectivity index (χ4n) is 3.40. The third-order valence-corrected chi connectivity index (χ3v) is 5.62. The lowest BCUT2D eigenvalue weighted by molar-refractivity contribution is -0.385.